The van der Waals surface area contributed by atoms with Gasteiger partial charge in [0.25, 0.3) is 0 Å². The molecule has 0 bridgehead atoms. The Hall–Kier alpha value is -2.51. The van der Waals surface area contributed by atoms with Gasteiger partial charge in [-0.1, -0.05) is 72.8 Å². The minimum atomic E-state index is -3.32. The lowest BCUT2D eigenvalue weighted by atomic mass is 9.77. The zero-order valence-corrected chi connectivity index (χ0v) is 22.4. The van der Waals surface area contributed by atoms with E-state index in [1.165, 1.54) is 7.11 Å². The molecule has 0 spiro atoms. The van der Waals surface area contributed by atoms with E-state index < -0.39 is 13.3 Å². The van der Waals surface area contributed by atoms with Crippen LogP contribution in [-0.2, 0) is 23.9 Å². The van der Waals surface area contributed by atoms with E-state index in [-0.39, 0.29) is 12.6 Å². The highest BCUT2D eigenvalue weighted by atomic mass is 31.2. The van der Waals surface area contributed by atoms with Gasteiger partial charge >= 0.3 is 7.75 Å². The highest BCUT2D eigenvalue weighted by Gasteiger charge is 2.35. The summed E-state index contributed by atoms with van der Waals surface area (Å²) in [7, 11) is -0.286. The zero-order valence-electron chi connectivity index (χ0n) is 21.5. The third kappa shape index (κ3) is 7.26. The maximum Gasteiger partial charge on any atom is 0.405 e. The van der Waals surface area contributed by atoms with Gasteiger partial charge in [0.05, 0.1) is 32.5 Å². The molecule has 0 aliphatic heterocycles. The van der Waals surface area contributed by atoms with Gasteiger partial charge in [-0.2, -0.15) is 0 Å². The quantitative estimate of drug-likeness (QED) is 0.161. The molecule has 36 heavy (non-hydrogen) atoms. The van der Waals surface area contributed by atoms with Crippen molar-refractivity contribution in [2.45, 2.75) is 25.4 Å². The van der Waals surface area contributed by atoms with Crippen LogP contribution in [0.1, 0.15) is 30.5 Å². The fraction of sp³-hybridized carbons (Fsp3) is 0.357. The smallest absolute Gasteiger partial charge is 0.405 e. The normalized spacial score (nSPS) is 13.5. The molecule has 0 saturated heterocycles. The molecule has 8 heteroatoms. The first kappa shape index (κ1) is 28.1. The number of hydrogen-bond donors (Lipinski definition) is 2. The summed E-state index contributed by atoms with van der Waals surface area (Å²) in [5.74, 6) is 0.803. The predicted octanol–water partition coefficient (Wildman–Crippen LogP) is 5.36. The number of methoxy groups -OCH3 is 1. The average molecular weight is 513 g/mol. The van der Waals surface area contributed by atoms with E-state index in [0.717, 1.165) is 22.4 Å². The van der Waals surface area contributed by atoms with Crippen LogP contribution in [0.25, 0.3) is 0 Å². The van der Waals surface area contributed by atoms with Crippen molar-refractivity contribution >= 4 is 7.75 Å². The first-order chi connectivity index (χ1) is 17.4. The molecule has 0 fully saturated rings. The van der Waals surface area contributed by atoms with Gasteiger partial charge in [-0.25, -0.2) is 9.65 Å². The molecule has 3 aromatic rings. The largest absolute Gasteiger partial charge is 0.497 e. The van der Waals surface area contributed by atoms with Crippen LogP contribution in [0, 0.1) is 0 Å². The maximum absolute atomic E-state index is 12.5. The lowest BCUT2D eigenvalue weighted by molar-refractivity contribution is 0.0906. The van der Waals surface area contributed by atoms with Gasteiger partial charge in [-0.05, 0) is 42.7 Å². The van der Waals surface area contributed by atoms with E-state index in [1.807, 2.05) is 62.4 Å². The Balaban J connectivity index is 1.75. The minimum Gasteiger partial charge on any atom is -0.497 e. The van der Waals surface area contributed by atoms with Crippen LogP contribution >= 0.6 is 7.75 Å². The van der Waals surface area contributed by atoms with Gasteiger partial charge in [-0.15, -0.1) is 0 Å². The molecular formula is C28H37N2O5P. The fourth-order valence-electron chi connectivity index (χ4n) is 4.11. The SMILES string of the molecule is COc1ccc(C(NCCOCCOP(=O)(NC(C)C)OC)(c2ccccc2)c2ccccc2)cc1. The van der Waals surface area contributed by atoms with Crippen molar-refractivity contribution < 1.29 is 23.1 Å². The Kier molecular flexibility index (Phi) is 10.7. The summed E-state index contributed by atoms with van der Waals surface area (Å²) in [5.41, 5.74) is 2.72. The molecule has 1 atom stereocenters. The van der Waals surface area contributed by atoms with E-state index in [1.54, 1.807) is 7.11 Å². The van der Waals surface area contributed by atoms with Crippen molar-refractivity contribution in [2.24, 2.45) is 0 Å². The van der Waals surface area contributed by atoms with Crippen LogP contribution in [0.15, 0.2) is 84.9 Å². The van der Waals surface area contributed by atoms with Gasteiger partial charge in [0.2, 0.25) is 0 Å². The second-order valence-electron chi connectivity index (χ2n) is 8.55. The number of rotatable bonds is 15. The molecule has 0 heterocycles. The molecule has 0 radical (unpaired) electrons. The highest BCUT2D eigenvalue weighted by molar-refractivity contribution is 7.51. The third-order valence-electron chi connectivity index (χ3n) is 5.72. The average Bonchev–Trinajstić information content (AvgIpc) is 2.91. The van der Waals surface area contributed by atoms with E-state index in [0.29, 0.717) is 19.8 Å². The van der Waals surface area contributed by atoms with Crippen LogP contribution in [0.3, 0.4) is 0 Å². The van der Waals surface area contributed by atoms with Gasteiger partial charge in [0.15, 0.2) is 0 Å². The van der Waals surface area contributed by atoms with Crippen molar-refractivity contribution in [3.8, 4) is 5.75 Å². The van der Waals surface area contributed by atoms with Crippen LogP contribution < -0.4 is 15.1 Å². The first-order valence-electron chi connectivity index (χ1n) is 12.1. The molecule has 7 nitrogen and oxygen atoms in total. The first-order valence-corrected chi connectivity index (χ1v) is 13.6. The summed E-state index contributed by atoms with van der Waals surface area (Å²) in [6.07, 6.45) is 0. The second kappa shape index (κ2) is 13.7. The fourth-order valence-corrected chi connectivity index (χ4v) is 5.34. The zero-order chi connectivity index (χ0) is 25.9. The summed E-state index contributed by atoms with van der Waals surface area (Å²) in [4.78, 5) is 0. The van der Waals surface area contributed by atoms with Crippen molar-refractivity contribution in [1.82, 2.24) is 10.4 Å². The summed E-state index contributed by atoms with van der Waals surface area (Å²) in [6.45, 7) is 5.22. The van der Waals surface area contributed by atoms with Gasteiger partial charge in [-0.3, -0.25) is 9.84 Å². The Bertz CT molecular complexity index is 1040. The van der Waals surface area contributed by atoms with Crippen molar-refractivity contribution in [3.05, 3.63) is 102 Å². The molecule has 194 valence electrons. The second-order valence-corrected chi connectivity index (χ2v) is 10.4. The van der Waals surface area contributed by atoms with Crippen molar-refractivity contribution in [2.75, 3.05) is 40.6 Å². The van der Waals surface area contributed by atoms with E-state index >= 15 is 0 Å². The monoisotopic (exact) mass is 512 g/mol. The molecule has 2 N–H and O–H groups in total. The maximum atomic E-state index is 12.5. The van der Waals surface area contributed by atoms with E-state index in [4.69, 9.17) is 18.5 Å². The standard InChI is InChI=1S/C28H37N2O5P/c1-23(2)30-36(31,33-4)35-22-21-34-20-19-29-28(24-11-7-5-8-12-24,25-13-9-6-10-14-25)26-15-17-27(32-3)18-16-26/h5-18,23,29H,19-22H2,1-4H3,(H,30,31). The number of ether oxygens (including phenoxy) is 2. The van der Waals surface area contributed by atoms with Crippen LogP contribution in [0.4, 0.5) is 0 Å². The Labute approximate surface area is 214 Å². The lowest BCUT2D eigenvalue weighted by Crippen LogP contribution is -2.46. The predicted molar refractivity (Wildman–Crippen MR) is 143 cm³/mol. The summed E-state index contributed by atoms with van der Waals surface area (Å²) < 4.78 is 34.2. The number of nitrogens with one attached hydrogen (secondary N) is 2. The van der Waals surface area contributed by atoms with Gasteiger partial charge in [0, 0.05) is 19.7 Å². The molecule has 0 amide bonds. The minimum absolute atomic E-state index is 0.0250. The molecular weight excluding hydrogens is 475 g/mol. The summed E-state index contributed by atoms with van der Waals surface area (Å²) in [6, 6.07) is 28.8. The molecule has 0 aliphatic rings. The van der Waals surface area contributed by atoms with Crippen molar-refractivity contribution in [1.29, 1.82) is 0 Å². The Morgan fingerprint density at radius 3 is 1.83 bits per heavy atom. The summed E-state index contributed by atoms with van der Waals surface area (Å²) in [5, 5.41) is 6.59. The van der Waals surface area contributed by atoms with Crippen LogP contribution in [-0.4, -0.2) is 46.6 Å². The lowest BCUT2D eigenvalue weighted by Gasteiger charge is -2.37. The number of benzene rings is 3. The highest BCUT2D eigenvalue weighted by Crippen LogP contribution is 2.43. The molecule has 3 rings (SSSR count). The Morgan fingerprint density at radius 2 is 1.33 bits per heavy atom. The van der Waals surface area contributed by atoms with Gasteiger partial charge in [0.1, 0.15) is 5.75 Å². The van der Waals surface area contributed by atoms with Gasteiger partial charge < -0.3 is 14.0 Å². The molecule has 3 aromatic carbocycles. The van der Waals surface area contributed by atoms with Crippen LogP contribution in [0.5, 0.6) is 5.75 Å². The summed E-state index contributed by atoms with van der Waals surface area (Å²) >= 11 is 0. The number of hydrogen-bond acceptors (Lipinski definition) is 6. The molecule has 0 aliphatic carbocycles. The molecule has 0 saturated carbocycles. The van der Waals surface area contributed by atoms with Crippen molar-refractivity contribution in [3.63, 3.8) is 0 Å². The molecule has 0 aromatic heterocycles. The molecule has 1 unspecified atom stereocenters. The topological polar surface area (TPSA) is 78.0 Å². The Morgan fingerprint density at radius 1 is 0.778 bits per heavy atom. The third-order valence-corrected chi connectivity index (χ3v) is 7.55. The van der Waals surface area contributed by atoms with Crippen LogP contribution in [0.2, 0.25) is 0 Å². The van der Waals surface area contributed by atoms with E-state index in [2.05, 4.69) is 46.8 Å². The van der Waals surface area contributed by atoms with E-state index in [9.17, 15) is 4.57 Å².